The largest absolute Gasteiger partial charge is 0.508 e. The Kier molecular flexibility index (Phi) is 6.57. The maximum absolute atomic E-state index is 12.0. The number of thioether (sulfide) groups is 1. The predicted molar refractivity (Wildman–Crippen MR) is 98.4 cm³/mol. The molecule has 0 unspecified atom stereocenters. The van der Waals surface area contributed by atoms with E-state index >= 15 is 0 Å². The molecule has 1 amide bonds. The number of aromatic hydroxyl groups is 1. The lowest BCUT2D eigenvalue weighted by Gasteiger charge is -2.05. The summed E-state index contributed by atoms with van der Waals surface area (Å²) in [4.78, 5) is 24.1. The standard InChI is InChI=1S/C17H17NO4S2/c1-2-22-14(20)9-8-12(15-16(21)18-17(23)24-15)7-6-11-4-3-5-13(19)10-11/h3-7,10,19H,2,8-9H2,1H3,(H,18,21,23)/b7-6+,15-12-. The number of carbonyl (C=O) groups is 2. The molecule has 5 nitrogen and oxygen atoms in total. The number of amides is 1. The number of phenols is 1. The van der Waals surface area contributed by atoms with Crippen molar-refractivity contribution in [3.05, 3.63) is 46.4 Å². The van der Waals surface area contributed by atoms with Crippen molar-refractivity contribution in [2.75, 3.05) is 6.61 Å². The first-order valence-electron chi connectivity index (χ1n) is 7.38. The van der Waals surface area contributed by atoms with Gasteiger partial charge in [0.05, 0.1) is 11.5 Å². The van der Waals surface area contributed by atoms with Crippen molar-refractivity contribution in [2.45, 2.75) is 19.8 Å². The number of phenolic OH excluding ortho intramolecular Hbond substituents is 1. The first kappa shape index (κ1) is 18.2. The molecule has 0 saturated carbocycles. The Labute approximate surface area is 149 Å². The Morgan fingerprint density at radius 2 is 2.21 bits per heavy atom. The lowest BCUT2D eigenvalue weighted by atomic mass is 10.1. The molecule has 7 heteroatoms. The van der Waals surface area contributed by atoms with E-state index < -0.39 is 0 Å². The van der Waals surface area contributed by atoms with Crippen molar-refractivity contribution < 1.29 is 19.4 Å². The van der Waals surface area contributed by atoms with Crippen LogP contribution >= 0.6 is 24.0 Å². The molecule has 0 spiro atoms. The number of hydrogen-bond acceptors (Lipinski definition) is 6. The summed E-state index contributed by atoms with van der Waals surface area (Å²) in [6.07, 6.45) is 4.09. The zero-order chi connectivity index (χ0) is 17.5. The molecule has 1 aromatic rings. The fraction of sp³-hybridized carbons (Fsp3) is 0.235. The normalized spacial score (nSPS) is 16.4. The number of esters is 1. The van der Waals surface area contributed by atoms with E-state index in [9.17, 15) is 14.7 Å². The minimum Gasteiger partial charge on any atom is -0.508 e. The summed E-state index contributed by atoms with van der Waals surface area (Å²) in [6.45, 7) is 2.07. The maximum atomic E-state index is 12.0. The van der Waals surface area contributed by atoms with Crippen molar-refractivity contribution in [3.63, 3.8) is 0 Å². The number of benzene rings is 1. The van der Waals surface area contributed by atoms with E-state index in [1.54, 1.807) is 37.3 Å². The predicted octanol–water partition coefficient (Wildman–Crippen LogP) is 3.15. The molecule has 1 saturated heterocycles. The average Bonchev–Trinajstić information content (AvgIpc) is 2.86. The Morgan fingerprint density at radius 3 is 2.83 bits per heavy atom. The van der Waals surface area contributed by atoms with E-state index in [-0.39, 0.29) is 24.0 Å². The molecule has 1 fully saturated rings. The zero-order valence-electron chi connectivity index (χ0n) is 13.1. The van der Waals surface area contributed by atoms with Gasteiger partial charge in [0.2, 0.25) is 0 Å². The topological polar surface area (TPSA) is 75.6 Å². The molecule has 1 heterocycles. The lowest BCUT2D eigenvalue weighted by molar-refractivity contribution is -0.143. The summed E-state index contributed by atoms with van der Waals surface area (Å²) in [7, 11) is 0. The zero-order valence-corrected chi connectivity index (χ0v) is 14.7. The fourth-order valence-corrected chi connectivity index (χ4v) is 3.21. The number of allylic oxidation sites excluding steroid dienone is 2. The van der Waals surface area contributed by atoms with Crippen LogP contribution in [-0.2, 0) is 14.3 Å². The molecular weight excluding hydrogens is 346 g/mol. The Bertz CT molecular complexity index is 725. The highest BCUT2D eigenvalue weighted by Crippen LogP contribution is 2.30. The van der Waals surface area contributed by atoms with Crippen LogP contribution in [0.3, 0.4) is 0 Å². The molecule has 0 aromatic heterocycles. The third-order valence-corrected chi connectivity index (χ3v) is 4.45. The third-order valence-electron chi connectivity index (χ3n) is 3.16. The van der Waals surface area contributed by atoms with Crippen LogP contribution in [0.1, 0.15) is 25.3 Å². The SMILES string of the molecule is CCOC(=O)CCC(/C=C/c1cccc(O)c1)=C1\SC(=S)NC1=O. The van der Waals surface area contributed by atoms with Crippen LogP contribution < -0.4 is 5.32 Å². The minimum atomic E-state index is -0.313. The fourth-order valence-electron chi connectivity index (χ4n) is 2.09. The van der Waals surface area contributed by atoms with Crippen LogP contribution in [-0.4, -0.2) is 27.9 Å². The van der Waals surface area contributed by atoms with Gasteiger partial charge in [0.25, 0.3) is 5.91 Å². The van der Waals surface area contributed by atoms with Crippen molar-refractivity contribution in [1.29, 1.82) is 0 Å². The summed E-state index contributed by atoms with van der Waals surface area (Å²) in [6, 6.07) is 6.75. The van der Waals surface area contributed by atoms with Gasteiger partial charge in [-0.2, -0.15) is 0 Å². The second-order valence-electron chi connectivity index (χ2n) is 4.93. The molecule has 24 heavy (non-hydrogen) atoms. The van der Waals surface area contributed by atoms with Gasteiger partial charge in [0, 0.05) is 6.42 Å². The molecule has 1 aliphatic heterocycles. The second-order valence-corrected chi connectivity index (χ2v) is 6.62. The van der Waals surface area contributed by atoms with E-state index in [1.165, 1.54) is 11.8 Å². The van der Waals surface area contributed by atoms with Crippen molar-refractivity contribution in [3.8, 4) is 5.75 Å². The smallest absolute Gasteiger partial charge is 0.306 e. The lowest BCUT2D eigenvalue weighted by Crippen LogP contribution is -2.18. The monoisotopic (exact) mass is 363 g/mol. The van der Waals surface area contributed by atoms with E-state index in [0.29, 0.717) is 27.8 Å². The second kappa shape index (κ2) is 8.65. The third kappa shape index (κ3) is 5.21. The van der Waals surface area contributed by atoms with E-state index in [1.807, 2.05) is 6.07 Å². The molecule has 0 radical (unpaired) electrons. The van der Waals surface area contributed by atoms with Crippen molar-refractivity contribution in [2.24, 2.45) is 0 Å². The Hall–Kier alpha value is -2.12. The molecular formula is C17H17NO4S2. The van der Waals surface area contributed by atoms with Crippen LogP contribution in [0.2, 0.25) is 0 Å². The van der Waals surface area contributed by atoms with Crippen LogP contribution in [0.4, 0.5) is 0 Å². The van der Waals surface area contributed by atoms with Gasteiger partial charge in [0.1, 0.15) is 10.1 Å². The molecule has 2 rings (SSSR count). The Balaban J connectivity index is 2.23. The maximum Gasteiger partial charge on any atom is 0.306 e. The quantitative estimate of drug-likeness (QED) is 0.459. The number of rotatable bonds is 6. The van der Waals surface area contributed by atoms with Gasteiger partial charge >= 0.3 is 5.97 Å². The molecule has 2 N–H and O–H groups in total. The molecule has 0 bridgehead atoms. The molecule has 1 aliphatic rings. The minimum absolute atomic E-state index is 0.159. The van der Waals surface area contributed by atoms with Crippen LogP contribution in [0.5, 0.6) is 5.75 Å². The molecule has 126 valence electrons. The van der Waals surface area contributed by atoms with Gasteiger partial charge in [0.15, 0.2) is 0 Å². The van der Waals surface area contributed by atoms with Crippen molar-refractivity contribution >= 4 is 46.3 Å². The highest BCUT2D eigenvalue weighted by atomic mass is 32.2. The van der Waals surface area contributed by atoms with E-state index in [2.05, 4.69) is 5.32 Å². The Morgan fingerprint density at radius 1 is 1.42 bits per heavy atom. The van der Waals surface area contributed by atoms with Crippen LogP contribution in [0.15, 0.2) is 40.8 Å². The van der Waals surface area contributed by atoms with Crippen LogP contribution in [0, 0.1) is 0 Å². The van der Waals surface area contributed by atoms with Gasteiger partial charge in [-0.15, -0.1) is 0 Å². The average molecular weight is 363 g/mol. The number of nitrogens with one attached hydrogen (secondary N) is 1. The summed E-state index contributed by atoms with van der Waals surface area (Å²) < 4.78 is 5.33. The first-order chi connectivity index (χ1) is 11.5. The number of thiocarbonyl (C=S) groups is 1. The van der Waals surface area contributed by atoms with Gasteiger partial charge in [-0.1, -0.05) is 48.3 Å². The van der Waals surface area contributed by atoms with Gasteiger partial charge in [-0.3, -0.25) is 9.59 Å². The number of carbonyl (C=O) groups excluding carboxylic acids is 2. The van der Waals surface area contributed by atoms with Gasteiger partial charge in [-0.05, 0) is 36.6 Å². The first-order valence-corrected chi connectivity index (χ1v) is 8.61. The number of ether oxygens (including phenoxy) is 1. The van der Waals surface area contributed by atoms with Crippen molar-refractivity contribution in [1.82, 2.24) is 5.32 Å². The molecule has 1 aromatic carbocycles. The summed E-state index contributed by atoms with van der Waals surface area (Å²) in [5.41, 5.74) is 1.49. The summed E-state index contributed by atoms with van der Waals surface area (Å²) >= 11 is 6.20. The molecule has 0 atom stereocenters. The highest BCUT2D eigenvalue weighted by molar-refractivity contribution is 8.26. The van der Waals surface area contributed by atoms with Gasteiger partial charge in [-0.25, -0.2) is 0 Å². The summed E-state index contributed by atoms with van der Waals surface area (Å²) in [5, 5.41) is 12.1. The van der Waals surface area contributed by atoms with E-state index in [4.69, 9.17) is 17.0 Å². The molecule has 0 aliphatic carbocycles. The van der Waals surface area contributed by atoms with E-state index in [0.717, 1.165) is 5.56 Å². The summed E-state index contributed by atoms with van der Waals surface area (Å²) in [5.74, 6) is -0.413. The number of hydrogen-bond donors (Lipinski definition) is 2. The van der Waals surface area contributed by atoms with Crippen LogP contribution in [0.25, 0.3) is 6.08 Å². The highest BCUT2D eigenvalue weighted by Gasteiger charge is 2.25. The van der Waals surface area contributed by atoms with Gasteiger partial charge < -0.3 is 15.2 Å².